The second-order valence-electron chi connectivity index (χ2n) is 5.61. The van der Waals surface area contributed by atoms with Crippen LogP contribution in [0.5, 0.6) is 0 Å². The van der Waals surface area contributed by atoms with Crippen molar-refractivity contribution in [2.75, 3.05) is 44.9 Å². The van der Waals surface area contributed by atoms with Crippen molar-refractivity contribution in [2.24, 2.45) is 0 Å². The maximum Gasteiger partial charge on any atom is 0.339 e. The molecule has 0 atom stereocenters. The highest BCUT2D eigenvalue weighted by Crippen LogP contribution is 2.21. The first-order chi connectivity index (χ1) is 11.5. The Morgan fingerprint density at radius 3 is 2.71 bits per heavy atom. The van der Waals surface area contributed by atoms with Crippen molar-refractivity contribution in [1.82, 2.24) is 14.9 Å². The average molecular weight is 329 g/mol. The van der Waals surface area contributed by atoms with Crippen LogP contribution in [0.2, 0.25) is 0 Å². The largest absolute Gasteiger partial charge is 0.465 e. The molecule has 0 unspecified atom stereocenters. The van der Waals surface area contributed by atoms with Crippen molar-refractivity contribution in [3.8, 4) is 0 Å². The SMILES string of the molecule is COC(=O)c1ccccc1Nc1cc(C)nc(NCCN(C)C)n1. The summed E-state index contributed by atoms with van der Waals surface area (Å²) < 4.78 is 4.81. The monoisotopic (exact) mass is 329 g/mol. The van der Waals surface area contributed by atoms with Gasteiger partial charge >= 0.3 is 5.97 Å². The number of methoxy groups -OCH3 is 1. The number of carbonyl (C=O) groups excluding carboxylic acids is 1. The lowest BCUT2D eigenvalue weighted by Gasteiger charge is -2.13. The van der Waals surface area contributed by atoms with Crippen LogP contribution in [-0.2, 0) is 4.74 Å². The highest BCUT2D eigenvalue weighted by Gasteiger charge is 2.12. The molecule has 0 bridgehead atoms. The number of para-hydroxylation sites is 1. The molecule has 2 N–H and O–H groups in total. The van der Waals surface area contributed by atoms with Crippen LogP contribution < -0.4 is 10.6 Å². The first-order valence-corrected chi connectivity index (χ1v) is 7.68. The quantitative estimate of drug-likeness (QED) is 0.754. The van der Waals surface area contributed by atoms with E-state index in [0.717, 1.165) is 18.8 Å². The molecule has 2 rings (SSSR count). The van der Waals surface area contributed by atoms with E-state index in [1.807, 2.05) is 39.2 Å². The van der Waals surface area contributed by atoms with Crippen molar-refractivity contribution in [3.63, 3.8) is 0 Å². The Bertz CT molecular complexity index is 703. The topological polar surface area (TPSA) is 79.4 Å². The van der Waals surface area contributed by atoms with Crippen molar-refractivity contribution < 1.29 is 9.53 Å². The van der Waals surface area contributed by atoms with Gasteiger partial charge in [-0.2, -0.15) is 4.98 Å². The van der Waals surface area contributed by atoms with Crippen LogP contribution in [0.1, 0.15) is 16.1 Å². The maximum atomic E-state index is 11.9. The van der Waals surface area contributed by atoms with E-state index in [-0.39, 0.29) is 0 Å². The predicted octanol–water partition coefficient (Wildman–Crippen LogP) is 2.29. The van der Waals surface area contributed by atoms with Gasteiger partial charge in [0.05, 0.1) is 18.4 Å². The number of rotatable bonds is 7. The summed E-state index contributed by atoms with van der Waals surface area (Å²) in [5, 5.41) is 6.36. The van der Waals surface area contributed by atoms with Gasteiger partial charge in [0.2, 0.25) is 5.95 Å². The normalized spacial score (nSPS) is 10.5. The number of aromatic nitrogens is 2. The van der Waals surface area contributed by atoms with E-state index in [2.05, 4.69) is 25.5 Å². The number of aryl methyl sites for hydroxylation is 1. The molecule has 1 aromatic heterocycles. The number of hydrogen-bond acceptors (Lipinski definition) is 7. The fourth-order valence-corrected chi connectivity index (χ4v) is 2.12. The Hall–Kier alpha value is -2.67. The van der Waals surface area contributed by atoms with E-state index in [9.17, 15) is 4.79 Å². The minimum Gasteiger partial charge on any atom is -0.465 e. The lowest BCUT2D eigenvalue weighted by atomic mass is 10.2. The average Bonchev–Trinajstić information content (AvgIpc) is 2.54. The Kier molecular flexibility index (Phi) is 6.08. The molecule has 24 heavy (non-hydrogen) atoms. The van der Waals surface area contributed by atoms with E-state index < -0.39 is 5.97 Å². The number of nitrogens with one attached hydrogen (secondary N) is 2. The smallest absolute Gasteiger partial charge is 0.339 e. The van der Waals surface area contributed by atoms with Crippen LogP contribution in [0.25, 0.3) is 0 Å². The second kappa shape index (κ2) is 8.26. The van der Waals surface area contributed by atoms with Gasteiger partial charge in [-0.1, -0.05) is 12.1 Å². The lowest BCUT2D eigenvalue weighted by Crippen LogP contribution is -2.21. The number of carbonyl (C=O) groups is 1. The molecular weight excluding hydrogens is 306 g/mol. The third-order valence-corrected chi connectivity index (χ3v) is 3.29. The Morgan fingerprint density at radius 1 is 1.25 bits per heavy atom. The second-order valence-corrected chi connectivity index (χ2v) is 5.61. The van der Waals surface area contributed by atoms with Gasteiger partial charge in [-0.3, -0.25) is 0 Å². The summed E-state index contributed by atoms with van der Waals surface area (Å²) in [6.45, 7) is 3.52. The van der Waals surface area contributed by atoms with Crippen molar-refractivity contribution >= 4 is 23.4 Å². The molecule has 0 fully saturated rings. The predicted molar refractivity (Wildman–Crippen MR) is 94.9 cm³/mol. The molecule has 0 spiro atoms. The molecule has 1 heterocycles. The zero-order valence-corrected chi connectivity index (χ0v) is 14.5. The van der Waals surface area contributed by atoms with Crippen LogP contribution in [0.3, 0.4) is 0 Å². The molecule has 0 saturated heterocycles. The Morgan fingerprint density at radius 2 is 2.00 bits per heavy atom. The number of esters is 1. The molecule has 0 saturated carbocycles. The van der Waals surface area contributed by atoms with Crippen LogP contribution in [0.15, 0.2) is 30.3 Å². The minimum atomic E-state index is -0.395. The summed E-state index contributed by atoms with van der Waals surface area (Å²) in [5.41, 5.74) is 1.93. The summed E-state index contributed by atoms with van der Waals surface area (Å²) in [6.07, 6.45) is 0. The summed E-state index contributed by atoms with van der Waals surface area (Å²) in [7, 11) is 5.38. The van der Waals surface area contributed by atoms with Crippen molar-refractivity contribution in [1.29, 1.82) is 0 Å². The maximum absolute atomic E-state index is 11.9. The fourth-order valence-electron chi connectivity index (χ4n) is 2.12. The molecule has 2 aromatic rings. The molecule has 0 radical (unpaired) electrons. The zero-order valence-electron chi connectivity index (χ0n) is 14.5. The van der Waals surface area contributed by atoms with Crippen LogP contribution >= 0.6 is 0 Å². The van der Waals surface area contributed by atoms with Gasteiger partial charge < -0.3 is 20.3 Å². The van der Waals surface area contributed by atoms with Gasteiger partial charge in [-0.15, -0.1) is 0 Å². The molecule has 1 aromatic carbocycles. The Balaban J connectivity index is 2.18. The van der Waals surface area contributed by atoms with Crippen LogP contribution in [0.4, 0.5) is 17.5 Å². The van der Waals surface area contributed by atoms with E-state index in [1.54, 1.807) is 12.1 Å². The van der Waals surface area contributed by atoms with Gasteiger partial charge in [0.15, 0.2) is 0 Å². The van der Waals surface area contributed by atoms with Crippen LogP contribution in [-0.4, -0.2) is 55.1 Å². The first kappa shape index (κ1) is 17.7. The van der Waals surface area contributed by atoms with E-state index in [4.69, 9.17) is 4.74 Å². The zero-order chi connectivity index (χ0) is 17.5. The van der Waals surface area contributed by atoms with Crippen molar-refractivity contribution in [2.45, 2.75) is 6.92 Å². The summed E-state index contributed by atoms with van der Waals surface area (Å²) in [4.78, 5) is 22.8. The number of ether oxygens (including phenoxy) is 1. The van der Waals surface area contributed by atoms with E-state index in [0.29, 0.717) is 23.0 Å². The number of anilines is 3. The molecule has 128 valence electrons. The standard InChI is InChI=1S/C17H23N5O2/c1-12-11-15(21-17(19-12)18-9-10-22(2)3)20-14-8-6-5-7-13(14)16(23)24-4/h5-8,11H,9-10H2,1-4H3,(H2,18,19,20,21). The molecular formula is C17H23N5O2. The van der Waals surface area contributed by atoms with Gasteiger partial charge in [-0.05, 0) is 33.2 Å². The number of benzene rings is 1. The summed E-state index contributed by atoms with van der Waals surface area (Å²) >= 11 is 0. The van der Waals surface area contributed by atoms with E-state index in [1.165, 1.54) is 7.11 Å². The number of likely N-dealkylation sites (N-methyl/N-ethyl adjacent to an activating group) is 1. The lowest BCUT2D eigenvalue weighted by molar-refractivity contribution is 0.0602. The third kappa shape index (κ3) is 4.92. The summed E-state index contributed by atoms with van der Waals surface area (Å²) in [6, 6.07) is 8.97. The van der Waals surface area contributed by atoms with E-state index >= 15 is 0 Å². The molecule has 7 nitrogen and oxygen atoms in total. The summed E-state index contributed by atoms with van der Waals surface area (Å²) in [5.74, 6) is 0.773. The highest BCUT2D eigenvalue weighted by atomic mass is 16.5. The minimum absolute atomic E-state index is 0.395. The fraction of sp³-hybridized carbons (Fsp3) is 0.353. The highest BCUT2D eigenvalue weighted by molar-refractivity contribution is 5.96. The number of nitrogens with zero attached hydrogens (tertiary/aromatic N) is 3. The Labute approximate surface area is 142 Å². The van der Waals surface area contributed by atoms with Crippen molar-refractivity contribution in [3.05, 3.63) is 41.6 Å². The van der Waals surface area contributed by atoms with Crippen LogP contribution in [0, 0.1) is 6.92 Å². The molecule has 0 aliphatic rings. The third-order valence-electron chi connectivity index (χ3n) is 3.29. The van der Waals surface area contributed by atoms with Gasteiger partial charge in [0, 0.05) is 24.8 Å². The van der Waals surface area contributed by atoms with Gasteiger partial charge in [0.1, 0.15) is 5.82 Å². The molecule has 0 amide bonds. The first-order valence-electron chi connectivity index (χ1n) is 7.68. The molecule has 7 heteroatoms. The number of hydrogen-bond donors (Lipinski definition) is 2. The molecule has 0 aliphatic carbocycles. The molecule has 0 aliphatic heterocycles. The van der Waals surface area contributed by atoms with Gasteiger partial charge in [0.25, 0.3) is 0 Å². The van der Waals surface area contributed by atoms with Gasteiger partial charge in [-0.25, -0.2) is 9.78 Å².